The first-order valence-corrected chi connectivity index (χ1v) is 3.78. The van der Waals surface area contributed by atoms with Gasteiger partial charge in [0.1, 0.15) is 6.07 Å². The molecule has 0 amide bonds. The third-order valence-corrected chi connectivity index (χ3v) is 1.58. The van der Waals surface area contributed by atoms with Crippen molar-refractivity contribution in [1.82, 2.24) is 4.98 Å². The van der Waals surface area contributed by atoms with Gasteiger partial charge in [-0.3, -0.25) is 5.32 Å². The van der Waals surface area contributed by atoms with E-state index in [1.807, 2.05) is 6.07 Å². The number of nitrogens with one attached hydrogen (secondary N) is 1. The van der Waals surface area contributed by atoms with Gasteiger partial charge >= 0.3 is 0 Å². The van der Waals surface area contributed by atoms with Crippen LogP contribution >= 0.6 is 15.9 Å². The summed E-state index contributed by atoms with van der Waals surface area (Å²) in [6.45, 7) is 0. The van der Waals surface area contributed by atoms with Gasteiger partial charge in [-0.05, 0) is 22.0 Å². The highest BCUT2D eigenvalue weighted by atomic mass is 79.9. The predicted molar refractivity (Wildman–Crippen MR) is 45.9 cm³/mol. The van der Waals surface area contributed by atoms with Crippen LogP contribution < -0.4 is 5.32 Å². The number of hydrogen-bond acceptors (Lipinski definition) is 4. The molecule has 0 spiro atoms. The maximum Gasteiger partial charge on any atom is 0.182 e. The van der Waals surface area contributed by atoms with Crippen molar-refractivity contribution >= 4 is 21.7 Å². The summed E-state index contributed by atoms with van der Waals surface area (Å²) in [7, 11) is 0. The molecule has 0 aliphatic rings. The Labute approximate surface area is 77.6 Å². The Morgan fingerprint density at radius 1 is 1.50 bits per heavy atom. The minimum atomic E-state index is 0.281. The van der Waals surface area contributed by atoms with Gasteiger partial charge in [0, 0.05) is 10.7 Å². The molecule has 1 heterocycles. The van der Waals surface area contributed by atoms with Crippen molar-refractivity contribution in [3.05, 3.63) is 22.3 Å². The van der Waals surface area contributed by atoms with Crippen LogP contribution in [0.5, 0.6) is 0 Å². The van der Waals surface area contributed by atoms with Crippen LogP contribution in [0.3, 0.4) is 0 Å². The van der Waals surface area contributed by atoms with E-state index < -0.39 is 0 Å². The normalized spacial score (nSPS) is 8.25. The first kappa shape index (κ1) is 8.51. The molecule has 0 atom stereocenters. The molecule has 0 fully saturated rings. The van der Waals surface area contributed by atoms with Gasteiger partial charge in [0.25, 0.3) is 0 Å². The molecule has 58 valence electrons. The van der Waals surface area contributed by atoms with Gasteiger partial charge in [-0.1, -0.05) is 0 Å². The predicted octanol–water partition coefficient (Wildman–Crippen LogP) is 1.61. The summed E-state index contributed by atoms with van der Waals surface area (Å²) in [5, 5.41) is 19.2. The lowest BCUT2D eigenvalue weighted by molar-refractivity contribution is 1.27. The van der Waals surface area contributed by atoms with Crippen LogP contribution in [0.4, 0.5) is 5.82 Å². The highest BCUT2D eigenvalue weighted by Crippen LogP contribution is 2.16. The molecule has 1 rings (SSSR count). The molecule has 0 aliphatic heterocycles. The number of nitrogens with zero attached hydrogens (tertiary/aromatic N) is 3. The van der Waals surface area contributed by atoms with E-state index in [9.17, 15) is 0 Å². The molecule has 0 aliphatic carbocycles. The van der Waals surface area contributed by atoms with E-state index >= 15 is 0 Å². The third-order valence-electron chi connectivity index (χ3n) is 1.15. The van der Waals surface area contributed by atoms with E-state index in [0.717, 1.165) is 0 Å². The molecular formula is C7H3BrN4. The molecule has 0 saturated heterocycles. The monoisotopic (exact) mass is 222 g/mol. The number of halogens is 1. The van der Waals surface area contributed by atoms with Crippen molar-refractivity contribution in [3.8, 4) is 12.3 Å². The Bertz CT molecular complexity index is 374. The maximum absolute atomic E-state index is 8.61. The van der Waals surface area contributed by atoms with Crippen molar-refractivity contribution in [1.29, 1.82) is 10.5 Å². The number of pyridine rings is 1. The SMILES string of the molecule is N#CNc1ncc(Br)cc1C#N. The molecule has 0 radical (unpaired) electrons. The first-order chi connectivity index (χ1) is 5.77. The topological polar surface area (TPSA) is 72.5 Å². The molecule has 0 aromatic carbocycles. The maximum atomic E-state index is 8.61. The minimum absolute atomic E-state index is 0.281. The van der Waals surface area contributed by atoms with Crippen LogP contribution in [0.1, 0.15) is 5.56 Å². The van der Waals surface area contributed by atoms with Gasteiger partial charge in [-0.25, -0.2) is 4.98 Å². The van der Waals surface area contributed by atoms with E-state index in [1.165, 1.54) is 6.20 Å². The van der Waals surface area contributed by atoms with Crippen LogP contribution in [0.25, 0.3) is 0 Å². The average molecular weight is 223 g/mol. The standard InChI is InChI=1S/C7H3BrN4/c8-6-1-5(2-9)7(11-3-6)12-4-10/h1,3H,(H,11,12). The van der Waals surface area contributed by atoms with E-state index in [1.54, 1.807) is 12.3 Å². The average Bonchev–Trinajstić information content (AvgIpc) is 2.08. The number of nitriles is 2. The Hall–Kier alpha value is -1.59. The quantitative estimate of drug-likeness (QED) is 0.579. The smallest absolute Gasteiger partial charge is 0.182 e. The zero-order valence-electron chi connectivity index (χ0n) is 5.87. The number of aromatic nitrogens is 1. The lowest BCUT2D eigenvalue weighted by Crippen LogP contribution is -1.94. The van der Waals surface area contributed by atoms with Crippen molar-refractivity contribution in [2.24, 2.45) is 0 Å². The number of hydrogen-bond donors (Lipinski definition) is 1. The van der Waals surface area contributed by atoms with Crippen molar-refractivity contribution < 1.29 is 0 Å². The van der Waals surface area contributed by atoms with Crippen LogP contribution in [0.2, 0.25) is 0 Å². The van der Waals surface area contributed by atoms with E-state index in [-0.39, 0.29) is 5.82 Å². The van der Waals surface area contributed by atoms with Crippen molar-refractivity contribution in [2.75, 3.05) is 5.32 Å². The van der Waals surface area contributed by atoms with Gasteiger partial charge < -0.3 is 0 Å². The second-order valence-corrected chi connectivity index (χ2v) is 2.81. The third kappa shape index (κ3) is 1.71. The molecule has 12 heavy (non-hydrogen) atoms. The molecule has 0 saturated carbocycles. The molecular weight excluding hydrogens is 220 g/mol. The molecule has 1 aromatic heterocycles. The Kier molecular flexibility index (Phi) is 2.62. The fourth-order valence-corrected chi connectivity index (χ4v) is 1.01. The minimum Gasteiger partial charge on any atom is -0.276 e. The largest absolute Gasteiger partial charge is 0.276 e. The summed E-state index contributed by atoms with van der Waals surface area (Å²) in [4.78, 5) is 3.84. The highest BCUT2D eigenvalue weighted by molar-refractivity contribution is 9.10. The Balaban J connectivity index is 3.15. The molecule has 1 aromatic rings. The molecule has 1 N–H and O–H groups in total. The Morgan fingerprint density at radius 3 is 2.83 bits per heavy atom. The van der Waals surface area contributed by atoms with Crippen LogP contribution in [-0.4, -0.2) is 4.98 Å². The van der Waals surface area contributed by atoms with Gasteiger partial charge in [0.15, 0.2) is 12.0 Å². The zero-order valence-corrected chi connectivity index (χ0v) is 7.46. The van der Waals surface area contributed by atoms with Gasteiger partial charge in [0.2, 0.25) is 0 Å². The summed E-state index contributed by atoms with van der Waals surface area (Å²) in [6.07, 6.45) is 3.21. The second-order valence-electron chi connectivity index (χ2n) is 1.90. The van der Waals surface area contributed by atoms with Gasteiger partial charge in [-0.2, -0.15) is 10.5 Å². The summed E-state index contributed by atoms with van der Waals surface area (Å²) >= 11 is 3.16. The van der Waals surface area contributed by atoms with Crippen LogP contribution in [0.15, 0.2) is 16.7 Å². The fourth-order valence-electron chi connectivity index (χ4n) is 0.677. The highest BCUT2D eigenvalue weighted by Gasteiger charge is 2.02. The lowest BCUT2D eigenvalue weighted by Gasteiger charge is -1.98. The van der Waals surface area contributed by atoms with Gasteiger partial charge in [-0.15, -0.1) is 0 Å². The summed E-state index contributed by atoms with van der Waals surface area (Å²) < 4.78 is 0.711. The second kappa shape index (κ2) is 3.70. The molecule has 0 bridgehead atoms. The fraction of sp³-hybridized carbons (Fsp3) is 0. The van der Waals surface area contributed by atoms with Crippen LogP contribution in [0, 0.1) is 22.8 Å². The van der Waals surface area contributed by atoms with E-state index in [2.05, 4.69) is 26.2 Å². The number of anilines is 1. The molecule has 4 nitrogen and oxygen atoms in total. The summed E-state index contributed by atoms with van der Waals surface area (Å²) in [5.41, 5.74) is 0.339. The van der Waals surface area contributed by atoms with Crippen molar-refractivity contribution in [3.63, 3.8) is 0 Å². The summed E-state index contributed by atoms with van der Waals surface area (Å²) in [5.74, 6) is 0.281. The van der Waals surface area contributed by atoms with E-state index in [0.29, 0.717) is 10.0 Å². The Morgan fingerprint density at radius 2 is 2.25 bits per heavy atom. The summed E-state index contributed by atoms with van der Waals surface area (Å²) in [6, 6.07) is 3.51. The zero-order chi connectivity index (χ0) is 8.97. The van der Waals surface area contributed by atoms with E-state index in [4.69, 9.17) is 10.5 Å². The lowest BCUT2D eigenvalue weighted by atomic mass is 10.3. The van der Waals surface area contributed by atoms with Crippen molar-refractivity contribution in [2.45, 2.75) is 0 Å². The van der Waals surface area contributed by atoms with Gasteiger partial charge in [0.05, 0.1) is 5.56 Å². The number of rotatable bonds is 1. The molecule has 0 unspecified atom stereocenters. The first-order valence-electron chi connectivity index (χ1n) is 2.98. The molecule has 5 heteroatoms. The van der Waals surface area contributed by atoms with Crippen LogP contribution in [-0.2, 0) is 0 Å².